The first-order valence-corrected chi connectivity index (χ1v) is 8.85. The van der Waals surface area contributed by atoms with Crippen LogP contribution in [-0.4, -0.2) is 15.0 Å². The maximum Gasteiger partial charge on any atom is 0.213 e. The summed E-state index contributed by atoms with van der Waals surface area (Å²) in [5.74, 6) is 0. The normalized spacial score (nSPS) is 14.9. The van der Waals surface area contributed by atoms with Crippen LogP contribution in [0.25, 0.3) is 22.5 Å². The van der Waals surface area contributed by atoms with Crippen LogP contribution in [0, 0.1) is 6.92 Å². The zero-order chi connectivity index (χ0) is 17.6. The van der Waals surface area contributed by atoms with E-state index in [4.69, 9.17) is 0 Å². The quantitative estimate of drug-likeness (QED) is 0.678. The summed E-state index contributed by atoms with van der Waals surface area (Å²) in [6.45, 7) is 10.9. The number of allylic oxidation sites excluding steroid dienone is 1. The van der Waals surface area contributed by atoms with Crippen molar-refractivity contribution in [2.24, 2.45) is 0 Å². The Bertz CT molecular complexity index is 964. The second-order valence-electron chi connectivity index (χ2n) is 6.71. The van der Waals surface area contributed by atoms with E-state index < -0.39 is 0 Å². The number of pyridine rings is 1. The highest BCUT2D eigenvalue weighted by atomic mass is 15.4. The van der Waals surface area contributed by atoms with E-state index in [1.165, 1.54) is 22.4 Å². The van der Waals surface area contributed by atoms with Crippen LogP contribution in [0.1, 0.15) is 37.9 Å². The van der Waals surface area contributed by atoms with E-state index in [9.17, 15) is 0 Å². The smallest absolute Gasteiger partial charge is 0.213 e. The van der Waals surface area contributed by atoms with Crippen molar-refractivity contribution in [1.82, 2.24) is 15.0 Å². The monoisotopic (exact) mass is 331 g/mol. The second kappa shape index (κ2) is 5.66. The minimum atomic E-state index is -0.0606. The number of aryl methyl sites for hydroxylation is 1. The predicted octanol–water partition coefficient (Wildman–Crippen LogP) is 4.07. The molecule has 0 saturated heterocycles. The Hall–Kier alpha value is -2.75. The Morgan fingerprint density at radius 1 is 1.12 bits per heavy atom. The molecule has 1 aliphatic heterocycles. The third kappa shape index (κ3) is 2.17. The zero-order valence-corrected chi connectivity index (χ0v) is 15.0. The molecule has 25 heavy (non-hydrogen) atoms. The van der Waals surface area contributed by atoms with Crippen LogP contribution < -0.4 is 4.57 Å². The lowest BCUT2D eigenvalue weighted by molar-refractivity contribution is -0.741. The summed E-state index contributed by atoms with van der Waals surface area (Å²) in [7, 11) is 0. The summed E-state index contributed by atoms with van der Waals surface area (Å²) in [6.07, 6.45) is 6.17. The molecule has 4 heteroatoms. The standard InChI is InChI=1S/C21H23N4/c1-5-21(6-2)16(4)18-11-10-17(25-14-15(3)22-23-25)13-19(18)20-9-7-8-12-24(20)21/h7-14H,4-6H2,1-3H3/q+1. The highest BCUT2D eigenvalue weighted by Crippen LogP contribution is 2.43. The molecular weight excluding hydrogens is 308 g/mol. The van der Waals surface area contributed by atoms with Gasteiger partial charge in [0.25, 0.3) is 0 Å². The molecule has 1 aliphatic rings. The lowest BCUT2D eigenvalue weighted by Gasteiger charge is -2.34. The minimum Gasteiger partial charge on any atom is -0.220 e. The van der Waals surface area contributed by atoms with Gasteiger partial charge in [-0.2, -0.15) is 4.57 Å². The maximum atomic E-state index is 4.50. The molecule has 0 saturated carbocycles. The highest BCUT2D eigenvalue weighted by molar-refractivity contribution is 5.83. The molecule has 4 rings (SSSR count). The predicted molar refractivity (Wildman–Crippen MR) is 99.3 cm³/mol. The van der Waals surface area contributed by atoms with E-state index in [1.807, 2.05) is 17.8 Å². The average Bonchev–Trinajstić information content (AvgIpc) is 3.09. The van der Waals surface area contributed by atoms with Gasteiger partial charge in [0.05, 0.1) is 23.1 Å². The van der Waals surface area contributed by atoms with Crippen LogP contribution in [0.15, 0.2) is 55.4 Å². The molecule has 0 spiro atoms. The molecule has 2 aromatic heterocycles. The van der Waals surface area contributed by atoms with Gasteiger partial charge >= 0.3 is 0 Å². The Kier molecular flexibility index (Phi) is 3.57. The Morgan fingerprint density at radius 2 is 1.92 bits per heavy atom. The van der Waals surface area contributed by atoms with Crippen LogP contribution >= 0.6 is 0 Å². The molecule has 0 bridgehead atoms. The Labute approximate surface area is 148 Å². The van der Waals surface area contributed by atoms with Gasteiger partial charge in [-0.3, -0.25) is 0 Å². The molecular formula is C21H23N4+. The molecule has 0 aliphatic carbocycles. The molecule has 0 radical (unpaired) electrons. The first-order chi connectivity index (χ1) is 12.1. The highest BCUT2D eigenvalue weighted by Gasteiger charge is 2.46. The number of hydrogen-bond donors (Lipinski definition) is 0. The van der Waals surface area contributed by atoms with Crippen molar-refractivity contribution in [3.05, 3.63) is 66.6 Å². The van der Waals surface area contributed by atoms with E-state index in [1.54, 1.807) is 0 Å². The van der Waals surface area contributed by atoms with Crippen molar-refractivity contribution >= 4 is 5.57 Å². The van der Waals surface area contributed by atoms with Gasteiger partial charge in [0, 0.05) is 30.5 Å². The van der Waals surface area contributed by atoms with Crippen LogP contribution in [0.4, 0.5) is 0 Å². The lowest BCUT2D eigenvalue weighted by Crippen LogP contribution is -2.59. The van der Waals surface area contributed by atoms with Crippen molar-refractivity contribution in [2.45, 2.75) is 39.2 Å². The van der Waals surface area contributed by atoms with E-state index in [0.29, 0.717) is 0 Å². The average molecular weight is 331 g/mol. The van der Waals surface area contributed by atoms with Crippen molar-refractivity contribution in [3.8, 4) is 16.9 Å². The van der Waals surface area contributed by atoms with Crippen molar-refractivity contribution in [3.63, 3.8) is 0 Å². The number of nitrogens with zero attached hydrogens (tertiary/aromatic N) is 4. The second-order valence-corrected chi connectivity index (χ2v) is 6.71. The SMILES string of the molecule is C=C1c2ccc(-n3cc(C)nn3)cc2-c2cccc[n+]2C1(CC)CC. The van der Waals surface area contributed by atoms with Crippen molar-refractivity contribution in [2.75, 3.05) is 0 Å². The van der Waals surface area contributed by atoms with E-state index in [2.05, 4.69) is 77.9 Å². The van der Waals surface area contributed by atoms with Gasteiger partial charge in [-0.05, 0) is 30.7 Å². The summed E-state index contributed by atoms with van der Waals surface area (Å²) in [6, 6.07) is 12.9. The molecule has 0 amide bonds. The topological polar surface area (TPSA) is 34.6 Å². The van der Waals surface area contributed by atoms with Gasteiger partial charge < -0.3 is 0 Å². The minimum absolute atomic E-state index is 0.0606. The third-order valence-corrected chi connectivity index (χ3v) is 5.53. The summed E-state index contributed by atoms with van der Waals surface area (Å²) in [5, 5.41) is 8.31. The first kappa shape index (κ1) is 15.8. The van der Waals surface area contributed by atoms with Crippen LogP contribution in [0.2, 0.25) is 0 Å². The zero-order valence-electron chi connectivity index (χ0n) is 15.0. The fraction of sp³-hybridized carbons (Fsp3) is 0.286. The van der Waals surface area contributed by atoms with Crippen molar-refractivity contribution in [1.29, 1.82) is 0 Å². The number of hydrogen-bond acceptors (Lipinski definition) is 2. The Morgan fingerprint density at radius 3 is 2.60 bits per heavy atom. The third-order valence-electron chi connectivity index (χ3n) is 5.53. The molecule has 3 aromatic rings. The number of benzene rings is 1. The van der Waals surface area contributed by atoms with E-state index >= 15 is 0 Å². The molecule has 0 N–H and O–H groups in total. The fourth-order valence-corrected chi connectivity index (χ4v) is 4.07. The van der Waals surface area contributed by atoms with Gasteiger partial charge in [0.1, 0.15) is 0 Å². The number of aromatic nitrogens is 4. The van der Waals surface area contributed by atoms with Crippen LogP contribution in [0.3, 0.4) is 0 Å². The lowest BCUT2D eigenvalue weighted by atomic mass is 9.75. The molecule has 126 valence electrons. The summed E-state index contributed by atoms with van der Waals surface area (Å²) in [4.78, 5) is 0. The molecule has 4 nitrogen and oxygen atoms in total. The van der Waals surface area contributed by atoms with Gasteiger partial charge in [-0.25, -0.2) is 4.68 Å². The van der Waals surface area contributed by atoms with Gasteiger partial charge in [0.2, 0.25) is 5.69 Å². The van der Waals surface area contributed by atoms with E-state index in [0.717, 1.165) is 24.2 Å². The van der Waals surface area contributed by atoms with Crippen LogP contribution in [0.5, 0.6) is 0 Å². The maximum absolute atomic E-state index is 4.50. The molecule has 0 atom stereocenters. The molecule has 1 aromatic carbocycles. The molecule has 0 unspecified atom stereocenters. The molecule has 0 fully saturated rings. The van der Waals surface area contributed by atoms with Gasteiger partial charge in [-0.15, -0.1) is 5.10 Å². The Balaban J connectivity index is 1.97. The first-order valence-electron chi connectivity index (χ1n) is 8.85. The summed E-state index contributed by atoms with van der Waals surface area (Å²) in [5.41, 5.74) is 6.72. The molecule has 3 heterocycles. The number of fused-ring (bicyclic) bond motifs is 3. The summed E-state index contributed by atoms with van der Waals surface area (Å²) < 4.78 is 4.22. The fourth-order valence-electron chi connectivity index (χ4n) is 4.07. The van der Waals surface area contributed by atoms with Crippen molar-refractivity contribution < 1.29 is 4.57 Å². The van der Waals surface area contributed by atoms with Gasteiger partial charge in [-0.1, -0.05) is 31.7 Å². The summed E-state index contributed by atoms with van der Waals surface area (Å²) >= 11 is 0. The largest absolute Gasteiger partial charge is 0.220 e. The number of rotatable bonds is 3. The van der Waals surface area contributed by atoms with Gasteiger partial charge in [0.15, 0.2) is 11.7 Å². The van der Waals surface area contributed by atoms with E-state index in [-0.39, 0.29) is 5.54 Å². The van der Waals surface area contributed by atoms with Crippen LogP contribution in [-0.2, 0) is 5.54 Å².